The van der Waals surface area contributed by atoms with Gasteiger partial charge in [0.2, 0.25) is 0 Å². The van der Waals surface area contributed by atoms with Crippen molar-refractivity contribution in [3.05, 3.63) is 66.2 Å². The average molecular weight is 377 g/mol. The monoisotopic (exact) mass is 377 g/mol. The fourth-order valence-corrected chi connectivity index (χ4v) is 3.09. The number of aromatic nitrogens is 3. The van der Waals surface area contributed by atoms with Gasteiger partial charge in [-0.25, -0.2) is 0 Å². The van der Waals surface area contributed by atoms with Gasteiger partial charge >= 0.3 is 0 Å². The summed E-state index contributed by atoms with van der Waals surface area (Å²) in [5, 5.41) is 19.3. The van der Waals surface area contributed by atoms with Crippen LogP contribution in [-0.4, -0.2) is 37.8 Å². The van der Waals surface area contributed by atoms with E-state index in [1.54, 1.807) is 38.1 Å². The zero-order chi connectivity index (χ0) is 20.3. The third-order valence-corrected chi connectivity index (χ3v) is 4.72. The molecule has 0 aliphatic rings. The number of ketones is 2. The molecule has 144 valence electrons. The van der Waals surface area contributed by atoms with Crippen LogP contribution >= 0.6 is 0 Å². The Labute approximate surface area is 163 Å². The first-order valence-corrected chi connectivity index (χ1v) is 9.22. The number of fused-ring (bicyclic) bond motifs is 1. The zero-order valence-electron chi connectivity index (χ0n) is 16.0. The molecule has 0 saturated carbocycles. The van der Waals surface area contributed by atoms with Gasteiger partial charge in [-0.3, -0.25) is 9.59 Å². The molecule has 0 aliphatic heterocycles. The van der Waals surface area contributed by atoms with Gasteiger partial charge in [0.05, 0.1) is 5.69 Å². The first-order valence-electron chi connectivity index (χ1n) is 9.22. The Kier molecular flexibility index (Phi) is 5.80. The Hall–Kier alpha value is -3.12. The Morgan fingerprint density at radius 3 is 2.21 bits per heavy atom. The number of allylic oxidation sites excluding steroid dienone is 1. The van der Waals surface area contributed by atoms with Crippen LogP contribution in [0.5, 0.6) is 0 Å². The summed E-state index contributed by atoms with van der Waals surface area (Å²) in [7, 11) is 0. The highest BCUT2D eigenvalue weighted by Crippen LogP contribution is 2.20. The van der Waals surface area contributed by atoms with Crippen molar-refractivity contribution >= 4 is 22.6 Å². The van der Waals surface area contributed by atoms with Crippen molar-refractivity contribution in [2.75, 3.05) is 0 Å². The molecule has 6 nitrogen and oxygen atoms in total. The van der Waals surface area contributed by atoms with Crippen molar-refractivity contribution in [2.24, 2.45) is 5.92 Å². The normalized spacial score (nSPS) is 13.2. The molecule has 1 N–H and O–H groups in total. The van der Waals surface area contributed by atoms with Gasteiger partial charge in [-0.05, 0) is 49.6 Å². The Balaban J connectivity index is 1.80. The largest absolute Gasteiger partial charge is 0.385 e. The van der Waals surface area contributed by atoms with Crippen LogP contribution in [0.15, 0.2) is 60.7 Å². The number of para-hydroxylation sites is 1. The quantitative estimate of drug-likeness (QED) is 0.479. The molecule has 2 atom stereocenters. The van der Waals surface area contributed by atoms with E-state index in [2.05, 4.69) is 16.8 Å². The highest BCUT2D eigenvalue weighted by Gasteiger charge is 2.23. The number of carbonyl (C=O) groups is 2. The lowest BCUT2D eigenvalue weighted by molar-refractivity contribution is -0.118. The second-order valence-corrected chi connectivity index (χ2v) is 7.00. The lowest BCUT2D eigenvalue weighted by Gasteiger charge is -2.15. The smallest absolute Gasteiger partial charge is 0.193 e. The summed E-state index contributed by atoms with van der Waals surface area (Å²) in [6, 6.07) is 14.4. The van der Waals surface area contributed by atoms with Gasteiger partial charge in [-0.2, -0.15) is 0 Å². The van der Waals surface area contributed by atoms with Gasteiger partial charge in [0.1, 0.15) is 17.1 Å². The van der Waals surface area contributed by atoms with E-state index < -0.39 is 11.9 Å². The molecule has 3 rings (SSSR count). The average Bonchev–Trinajstić information content (AvgIpc) is 3.14. The summed E-state index contributed by atoms with van der Waals surface area (Å²) in [4.78, 5) is 26.2. The molecule has 3 aromatic rings. The molecule has 0 aliphatic carbocycles. The predicted octanol–water partition coefficient (Wildman–Crippen LogP) is 3.53. The molecule has 0 amide bonds. The third kappa shape index (κ3) is 4.07. The fraction of sp³-hybridized carbons (Fsp3) is 0.273. The van der Waals surface area contributed by atoms with Crippen molar-refractivity contribution in [1.82, 2.24) is 15.0 Å². The van der Waals surface area contributed by atoms with Gasteiger partial charge in [0, 0.05) is 11.5 Å². The molecular weight excluding hydrogens is 354 g/mol. The fourth-order valence-electron chi connectivity index (χ4n) is 3.09. The zero-order valence-corrected chi connectivity index (χ0v) is 16.0. The molecule has 1 aromatic heterocycles. The standard InChI is InChI=1S/C22H23N3O3/c1-14(2)21(27)15(3)12-13-20(26)22(28)16-8-4-7-11-19(16)25-23-17-9-5-6-10-18(17)24-25/h4-11,15,20,26H,1,12-13H2,2-3H3. The summed E-state index contributed by atoms with van der Waals surface area (Å²) >= 11 is 0. The van der Waals surface area contributed by atoms with E-state index in [0.717, 1.165) is 11.0 Å². The minimum Gasteiger partial charge on any atom is -0.385 e. The minimum atomic E-state index is -1.20. The minimum absolute atomic E-state index is 0.0486. The number of aliphatic hydroxyl groups is 1. The summed E-state index contributed by atoms with van der Waals surface area (Å²) in [5.74, 6) is -0.743. The Morgan fingerprint density at radius 2 is 1.61 bits per heavy atom. The summed E-state index contributed by atoms with van der Waals surface area (Å²) in [6.07, 6.45) is -0.599. The maximum Gasteiger partial charge on any atom is 0.193 e. The maximum absolute atomic E-state index is 12.8. The van der Waals surface area contributed by atoms with Crippen LogP contribution in [0.3, 0.4) is 0 Å². The summed E-state index contributed by atoms with van der Waals surface area (Å²) in [6.45, 7) is 7.10. The second kappa shape index (κ2) is 8.27. The second-order valence-electron chi connectivity index (χ2n) is 7.00. The van der Waals surface area contributed by atoms with Crippen molar-refractivity contribution in [3.8, 4) is 5.69 Å². The Morgan fingerprint density at radius 1 is 1.04 bits per heavy atom. The number of aliphatic hydroxyl groups excluding tert-OH is 1. The lowest BCUT2D eigenvalue weighted by atomic mass is 9.93. The van der Waals surface area contributed by atoms with E-state index in [1.165, 1.54) is 4.80 Å². The third-order valence-electron chi connectivity index (χ3n) is 4.72. The highest BCUT2D eigenvalue weighted by molar-refractivity contribution is 6.02. The van der Waals surface area contributed by atoms with Crippen LogP contribution in [0, 0.1) is 5.92 Å². The van der Waals surface area contributed by atoms with Crippen molar-refractivity contribution in [2.45, 2.75) is 32.8 Å². The van der Waals surface area contributed by atoms with Crippen molar-refractivity contribution in [3.63, 3.8) is 0 Å². The van der Waals surface area contributed by atoms with Gasteiger partial charge in [-0.1, -0.05) is 37.8 Å². The molecule has 0 fully saturated rings. The molecule has 2 unspecified atom stereocenters. The van der Waals surface area contributed by atoms with Gasteiger partial charge in [-0.15, -0.1) is 15.0 Å². The molecule has 0 spiro atoms. The lowest BCUT2D eigenvalue weighted by Crippen LogP contribution is -2.24. The van der Waals surface area contributed by atoms with E-state index in [0.29, 0.717) is 23.2 Å². The van der Waals surface area contributed by atoms with Crippen molar-refractivity contribution < 1.29 is 14.7 Å². The topological polar surface area (TPSA) is 85.1 Å². The molecule has 0 radical (unpaired) electrons. The molecule has 0 bridgehead atoms. The number of benzene rings is 2. The molecule has 2 aromatic carbocycles. The van der Waals surface area contributed by atoms with Crippen LogP contribution in [-0.2, 0) is 4.79 Å². The number of nitrogens with zero attached hydrogens (tertiary/aromatic N) is 3. The first-order chi connectivity index (χ1) is 13.4. The summed E-state index contributed by atoms with van der Waals surface area (Å²) < 4.78 is 0. The number of hydrogen-bond donors (Lipinski definition) is 1. The van der Waals surface area contributed by atoms with Crippen molar-refractivity contribution in [1.29, 1.82) is 0 Å². The molecule has 1 heterocycles. The Bertz CT molecular complexity index is 1010. The predicted molar refractivity (Wildman–Crippen MR) is 107 cm³/mol. The van der Waals surface area contributed by atoms with Crippen LogP contribution in [0.1, 0.15) is 37.0 Å². The number of hydrogen-bond acceptors (Lipinski definition) is 5. The highest BCUT2D eigenvalue weighted by atomic mass is 16.3. The van der Waals surface area contributed by atoms with Crippen LogP contribution in [0.2, 0.25) is 0 Å². The van der Waals surface area contributed by atoms with Gasteiger partial charge in [0.25, 0.3) is 0 Å². The molecule has 28 heavy (non-hydrogen) atoms. The van der Waals surface area contributed by atoms with E-state index in [9.17, 15) is 14.7 Å². The van der Waals surface area contributed by atoms with Gasteiger partial charge in [0.15, 0.2) is 11.6 Å². The SMILES string of the molecule is C=C(C)C(=O)C(C)CCC(O)C(=O)c1ccccc1-n1nc2ccccc2n1. The van der Waals surface area contributed by atoms with Crippen LogP contribution in [0.25, 0.3) is 16.7 Å². The van der Waals surface area contributed by atoms with E-state index in [4.69, 9.17) is 0 Å². The molecule has 0 saturated heterocycles. The number of carbonyl (C=O) groups excluding carboxylic acids is 2. The van der Waals surface area contributed by atoms with Crippen LogP contribution in [0.4, 0.5) is 0 Å². The maximum atomic E-state index is 12.8. The van der Waals surface area contributed by atoms with E-state index in [-0.39, 0.29) is 18.1 Å². The van der Waals surface area contributed by atoms with Gasteiger partial charge < -0.3 is 5.11 Å². The number of rotatable bonds is 8. The van der Waals surface area contributed by atoms with E-state index in [1.807, 2.05) is 24.3 Å². The summed E-state index contributed by atoms with van der Waals surface area (Å²) in [5.41, 5.74) is 2.77. The van der Waals surface area contributed by atoms with E-state index >= 15 is 0 Å². The first kappa shape index (κ1) is 19.6. The number of Topliss-reactive ketones (excluding diaryl/α,β-unsaturated/α-hetero) is 2. The molecule has 6 heteroatoms. The van der Waals surface area contributed by atoms with Crippen LogP contribution < -0.4 is 0 Å². The molecular formula is C22H23N3O3.